The highest BCUT2D eigenvalue weighted by Gasteiger charge is 2.43. The Bertz CT molecular complexity index is 837. The van der Waals surface area contributed by atoms with E-state index in [1.807, 2.05) is 12.1 Å². The van der Waals surface area contributed by atoms with Crippen LogP contribution in [0.15, 0.2) is 24.5 Å². The van der Waals surface area contributed by atoms with E-state index in [1.165, 1.54) is 0 Å². The summed E-state index contributed by atoms with van der Waals surface area (Å²) in [4.78, 5) is 31.1. The van der Waals surface area contributed by atoms with Gasteiger partial charge in [-0.3, -0.25) is 19.7 Å². The number of likely N-dealkylation sites (tertiary alicyclic amines) is 1. The lowest BCUT2D eigenvalue weighted by Crippen LogP contribution is -2.55. The van der Waals surface area contributed by atoms with E-state index in [2.05, 4.69) is 20.2 Å². The summed E-state index contributed by atoms with van der Waals surface area (Å²) >= 11 is 0. The molecule has 1 amide bonds. The highest BCUT2D eigenvalue weighted by molar-refractivity contribution is 5.78. The molecule has 0 bridgehead atoms. The third-order valence-corrected chi connectivity index (χ3v) is 5.40. The number of ether oxygens (including phenoxy) is 1. The van der Waals surface area contributed by atoms with Crippen molar-refractivity contribution in [3.05, 3.63) is 30.4 Å². The van der Waals surface area contributed by atoms with Crippen LogP contribution in [0, 0.1) is 0 Å². The standard InChI is InChI=1S/C18H23N5O4.CH2O2/c24-13-10-18(27-11-14(13)25)3-7-23(8-4-18)16(26)9-15-20-17(22-21-15)12-1-5-19-6-2-12;2-1-3/h1-2,5-6,13-14,24-25H,3-4,7-11H2,(H,20,21,22);1H,(H,2,3)/t13-,14+;/m1./s1. The first-order valence-corrected chi connectivity index (χ1v) is 9.64. The van der Waals surface area contributed by atoms with Crippen LogP contribution in [-0.2, 0) is 20.7 Å². The lowest BCUT2D eigenvalue weighted by Gasteiger charge is -2.46. The Morgan fingerprint density at radius 1 is 1.27 bits per heavy atom. The zero-order valence-electron chi connectivity index (χ0n) is 16.3. The molecule has 0 unspecified atom stereocenters. The van der Waals surface area contributed by atoms with Gasteiger partial charge in [0.05, 0.1) is 24.7 Å². The molecule has 11 heteroatoms. The molecule has 2 atom stereocenters. The van der Waals surface area contributed by atoms with Gasteiger partial charge in [0.1, 0.15) is 11.9 Å². The molecule has 11 nitrogen and oxygen atoms in total. The summed E-state index contributed by atoms with van der Waals surface area (Å²) in [7, 11) is 0. The number of carbonyl (C=O) groups is 2. The maximum atomic E-state index is 12.6. The quantitative estimate of drug-likeness (QED) is 0.486. The summed E-state index contributed by atoms with van der Waals surface area (Å²) in [6, 6.07) is 3.63. The number of pyridine rings is 1. The van der Waals surface area contributed by atoms with Gasteiger partial charge in [0.25, 0.3) is 6.47 Å². The Labute approximate surface area is 172 Å². The molecule has 2 aromatic heterocycles. The van der Waals surface area contributed by atoms with Crippen LogP contribution in [0.25, 0.3) is 11.4 Å². The maximum absolute atomic E-state index is 12.6. The number of carboxylic acid groups (broad SMARTS) is 1. The second kappa shape index (κ2) is 9.74. The molecule has 0 aromatic carbocycles. The van der Waals surface area contributed by atoms with Gasteiger partial charge >= 0.3 is 0 Å². The highest BCUT2D eigenvalue weighted by Crippen LogP contribution is 2.35. The van der Waals surface area contributed by atoms with Crippen molar-refractivity contribution in [3.63, 3.8) is 0 Å². The first-order chi connectivity index (χ1) is 14.5. The second-order valence-electron chi connectivity index (χ2n) is 7.34. The number of rotatable bonds is 3. The predicted molar refractivity (Wildman–Crippen MR) is 103 cm³/mol. The minimum atomic E-state index is -0.823. The smallest absolute Gasteiger partial charge is 0.290 e. The van der Waals surface area contributed by atoms with E-state index in [4.69, 9.17) is 14.6 Å². The molecule has 0 saturated carbocycles. The molecule has 30 heavy (non-hydrogen) atoms. The third kappa shape index (κ3) is 5.17. The number of piperidine rings is 1. The van der Waals surface area contributed by atoms with Crippen molar-refractivity contribution >= 4 is 12.4 Å². The topological polar surface area (TPSA) is 162 Å². The number of aliphatic hydroxyl groups is 2. The SMILES string of the molecule is O=C(Cc1nc(-c2ccncc2)n[nH]1)N1CCC2(CC1)C[C@@H](O)[C@@H](O)CO2.O=CO. The van der Waals surface area contributed by atoms with Gasteiger partial charge in [-0.15, -0.1) is 0 Å². The molecule has 2 saturated heterocycles. The molecule has 2 aromatic rings. The van der Waals surface area contributed by atoms with E-state index in [0.717, 1.165) is 5.56 Å². The molecule has 2 aliphatic heterocycles. The van der Waals surface area contributed by atoms with E-state index in [0.29, 0.717) is 44.0 Å². The van der Waals surface area contributed by atoms with Crippen molar-refractivity contribution in [2.75, 3.05) is 19.7 Å². The number of aliphatic hydroxyl groups excluding tert-OH is 2. The first kappa shape index (κ1) is 21.8. The minimum Gasteiger partial charge on any atom is -0.483 e. The highest BCUT2D eigenvalue weighted by atomic mass is 16.5. The number of aromatic nitrogens is 4. The molecule has 4 rings (SSSR count). The molecule has 1 spiro atoms. The lowest BCUT2D eigenvalue weighted by molar-refractivity contribution is -0.188. The number of nitrogens with one attached hydrogen (secondary N) is 1. The molecule has 4 N–H and O–H groups in total. The zero-order valence-corrected chi connectivity index (χ0v) is 16.3. The van der Waals surface area contributed by atoms with Crippen LogP contribution < -0.4 is 0 Å². The fourth-order valence-corrected chi connectivity index (χ4v) is 3.72. The van der Waals surface area contributed by atoms with Crippen LogP contribution in [0.3, 0.4) is 0 Å². The molecule has 0 radical (unpaired) electrons. The van der Waals surface area contributed by atoms with Crippen molar-refractivity contribution in [2.45, 2.75) is 43.5 Å². The summed E-state index contributed by atoms with van der Waals surface area (Å²) in [5, 5.41) is 33.4. The van der Waals surface area contributed by atoms with E-state index in [9.17, 15) is 15.0 Å². The molecule has 4 heterocycles. The Balaban J connectivity index is 0.000000806. The van der Waals surface area contributed by atoms with Crippen molar-refractivity contribution in [1.82, 2.24) is 25.1 Å². The van der Waals surface area contributed by atoms with E-state index < -0.39 is 17.8 Å². The number of hydrogen-bond donors (Lipinski definition) is 4. The summed E-state index contributed by atoms with van der Waals surface area (Å²) in [6.45, 7) is 1.02. The minimum absolute atomic E-state index is 0.0151. The average Bonchev–Trinajstić information content (AvgIpc) is 3.21. The summed E-state index contributed by atoms with van der Waals surface area (Å²) < 4.78 is 5.81. The average molecular weight is 419 g/mol. The number of H-pyrrole nitrogens is 1. The lowest BCUT2D eigenvalue weighted by atomic mass is 9.82. The first-order valence-electron chi connectivity index (χ1n) is 9.64. The van der Waals surface area contributed by atoms with Crippen molar-refractivity contribution < 1.29 is 29.6 Å². The van der Waals surface area contributed by atoms with Crippen molar-refractivity contribution in [3.8, 4) is 11.4 Å². The normalized spacial score (nSPS) is 22.8. The summed E-state index contributed by atoms with van der Waals surface area (Å²) in [6.07, 6.45) is 3.63. The number of nitrogens with zero attached hydrogens (tertiary/aromatic N) is 4. The van der Waals surface area contributed by atoms with Crippen LogP contribution in [-0.4, -0.2) is 90.3 Å². The molecule has 0 aliphatic carbocycles. The van der Waals surface area contributed by atoms with E-state index >= 15 is 0 Å². The van der Waals surface area contributed by atoms with Gasteiger partial charge < -0.3 is 25.0 Å². The number of aromatic amines is 1. The Morgan fingerprint density at radius 3 is 2.57 bits per heavy atom. The van der Waals surface area contributed by atoms with E-state index in [1.54, 1.807) is 17.3 Å². The third-order valence-electron chi connectivity index (χ3n) is 5.40. The Morgan fingerprint density at radius 2 is 1.93 bits per heavy atom. The second-order valence-corrected chi connectivity index (χ2v) is 7.34. The number of hydrogen-bond acceptors (Lipinski definition) is 8. The predicted octanol–water partition coefficient (Wildman–Crippen LogP) is -0.387. The van der Waals surface area contributed by atoms with Gasteiger partial charge in [-0.1, -0.05) is 0 Å². The van der Waals surface area contributed by atoms with Gasteiger partial charge in [0.15, 0.2) is 5.82 Å². The van der Waals surface area contributed by atoms with Crippen LogP contribution >= 0.6 is 0 Å². The van der Waals surface area contributed by atoms with Gasteiger partial charge in [0, 0.05) is 37.5 Å². The number of amides is 1. The van der Waals surface area contributed by atoms with Crippen LogP contribution in [0.1, 0.15) is 25.1 Å². The molecule has 162 valence electrons. The monoisotopic (exact) mass is 419 g/mol. The molecule has 2 aliphatic rings. The summed E-state index contributed by atoms with van der Waals surface area (Å²) in [5.41, 5.74) is 0.408. The number of carbonyl (C=O) groups excluding carboxylic acids is 1. The van der Waals surface area contributed by atoms with Crippen molar-refractivity contribution in [1.29, 1.82) is 0 Å². The van der Waals surface area contributed by atoms with Crippen LogP contribution in [0.4, 0.5) is 0 Å². The molecular weight excluding hydrogens is 394 g/mol. The van der Waals surface area contributed by atoms with Crippen molar-refractivity contribution in [2.24, 2.45) is 0 Å². The molecule has 2 fully saturated rings. The zero-order chi connectivity index (χ0) is 21.6. The largest absolute Gasteiger partial charge is 0.483 e. The van der Waals surface area contributed by atoms with Gasteiger partial charge in [0.2, 0.25) is 5.91 Å². The Hall–Kier alpha value is -2.89. The Kier molecular flexibility index (Phi) is 7.08. The summed E-state index contributed by atoms with van der Waals surface area (Å²) in [5.74, 6) is 1.05. The fraction of sp³-hybridized carbons (Fsp3) is 0.526. The van der Waals surface area contributed by atoms with E-state index in [-0.39, 0.29) is 25.4 Å². The van der Waals surface area contributed by atoms with Gasteiger partial charge in [-0.2, -0.15) is 5.10 Å². The van der Waals surface area contributed by atoms with Gasteiger partial charge in [-0.25, -0.2) is 4.98 Å². The maximum Gasteiger partial charge on any atom is 0.290 e. The molecular formula is C19H25N5O6. The van der Waals surface area contributed by atoms with Crippen LogP contribution in [0.5, 0.6) is 0 Å². The van der Waals surface area contributed by atoms with Crippen LogP contribution in [0.2, 0.25) is 0 Å². The van der Waals surface area contributed by atoms with Gasteiger partial charge in [-0.05, 0) is 25.0 Å². The fourth-order valence-electron chi connectivity index (χ4n) is 3.72.